The summed E-state index contributed by atoms with van der Waals surface area (Å²) in [6.45, 7) is 2.78. The van der Waals surface area contributed by atoms with E-state index in [1.165, 1.54) is 0 Å². The molecule has 1 amide bonds. The predicted molar refractivity (Wildman–Crippen MR) is 71.9 cm³/mol. The Balaban J connectivity index is 2.08. The summed E-state index contributed by atoms with van der Waals surface area (Å²) in [6.07, 6.45) is 1.78. The molecule has 0 spiro atoms. The van der Waals surface area contributed by atoms with E-state index in [0.717, 1.165) is 18.4 Å². The first-order chi connectivity index (χ1) is 9.13. The Morgan fingerprint density at radius 1 is 1.42 bits per heavy atom. The smallest absolute Gasteiger partial charge is 0.339 e. The first-order valence-electron chi connectivity index (χ1n) is 6.67. The first-order valence-corrected chi connectivity index (χ1v) is 6.67. The summed E-state index contributed by atoms with van der Waals surface area (Å²) in [5, 5.41) is 0. The van der Waals surface area contributed by atoms with Crippen molar-refractivity contribution >= 4 is 11.9 Å². The van der Waals surface area contributed by atoms with Gasteiger partial charge in [0.25, 0.3) is 5.91 Å². The minimum atomic E-state index is -0.677. The summed E-state index contributed by atoms with van der Waals surface area (Å²) in [5.41, 5.74) is 1.46. The van der Waals surface area contributed by atoms with Crippen LogP contribution in [0.1, 0.15) is 35.7 Å². The molecule has 1 heterocycles. The second-order valence-electron chi connectivity index (χ2n) is 4.87. The molecule has 1 aromatic carbocycles. The second-order valence-corrected chi connectivity index (χ2v) is 4.87. The van der Waals surface area contributed by atoms with Crippen molar-refractivity contribution in [2.24, 2.45) is 0 Å². The lowest BCUT2D eigenvalue weighted by atomic mass is 9.98. The maximum atomic E-state index is 12.2. The monoisotopic (exact) mass is 261 g/mol. The van der Waals surface area contributed by atoms with Crippen LogP contribution in [0.2, 0.25) is 0 Å². The number of benzene rings is 1. The van der Waals surface area contributed by atoms with Gasteiger partial charge in [-0.1, -0.05) is 31.5 Å². The zero-order valence-electron chi connectivity index (χ0n) is 11.4. The number of nitrogens with zero attached hydrogens (tertiary/aromatic N) is 1. The molecule has 4 nitrogen and oxygen atoms in total. The zero-order valence-corrected chi connectivity index (χ0v) is 11.4. The van der Waals surface area contributed by atoms with Gasteiger partial charge in [0.15, 0.2) is 6.10 Å². The van der Waals surface area contributed by atoms with Crippen LogP contribution in [0.5, 0.6) is 0 Å². The van der Waals surface area contributed by atoms with Gasteiger partial charge in [-0.05, 0) is 18.1 Å². The van der Waals surface area contributed by atoms with Gasteiger partial charge in [-0.25, -0.2) is 4.79 Å². The van der Waals surface area contributed by atoms with Gasteiger partial charge in [0.05, 0.1) is 5.56 Å². The Hall–Kier alpha value is -1.84. The number of esters is 1. The number of hydrogen-bond donors (Lipinski definition) is 0. The molecule has 1 aliphatic rings. The van der Waals surface area contributed by atoms with Crippen LogP contribution in [0.3, 0.4) is 0 Å². The third kappa shape index (κ3) is 2.95. The van der Waals surface area contributed by atoms with Crippen LogP contribution in [-0.4, -0.2) is 36.5 Å². The van der Waals surface area contributed by atoms with Crippen molar-refractivity contribution in [3.8, 4) is 0 Å². The summed E-state index contributed by atoms with van der Waals surface area (Å²) in [4.78, 5) is 25.7. The molecule has 1 atom stereocenters. The Kier molecular flexibility index (Phi) is 4.20. The minimum Gasteiger partial charge on any atom is -0.448 e. The number of fused-ring (bicyclic) bond motifs is 1. The van der Waals surface area contributed by atoms with Crippen LogP contribution in [0, 0.1) is 0 Å². The van der Waals surface area contributed by atoms with Crippen LogP contribution in [0.15, 0.2) is 24.3 Å². The highest BCUT2D eigenvalue weighted by atomic mass is 16.5. The number of ether oxygens (including phenoxy) is 1. The van der Waals surface area contributed by atoms with Crippen LogP contribution >= 0.6 is 0 Å². The van der Waals surface area contributed by atoms with Crippen molar-refractivity contribution < 1.29 is 14.3 Å². The average molecular weight is 261 g/mol. The number of carbonyl (C=O) groups excluding carboxylic acids is 2. The largest absolute Gasteiger partial charge is 0.448 e. The zero-order chi connectivity index (χ0) is 13.8. The highest BCUT2D eigenvalue weighted by molar-refractivity contribution is 5.95. The van der Waals surface area contributed by atoms with Crippen molar-refractivity contribution in [2.75, 3.05) is 13.6 Å². The van der Waals surface area contributed by atoms with E-state index in [0.29, 0.717) is 18.5 Å². The number of likely N-dealkylation sites (N-methyl/N-ethyl adjacent to an activating group) is 1. The summed E-state index contributed by atoms with van der Waals surface area (Å²) in [7, 11) is 1.76. The fraction of sp³-hybridized carbons (Fsp3) is 0.467. The van der Waals surface area contributed by atoms with Crippen LogP contribution < -0.4 is 0 Å². The van der Waals surface area contributed by atoms with Crippen LogP contribution in [-0.2, 0) is 16.0 Å². The maximum Gasteiger partial charge on any atom is 0.339 e. The normalized spacial score (nSPS) is 17.6. The maximum absolute atomic E-state index is 12.2. The number of cyclic esters (lactones) is 1. The van der Waals surface area contributed by atoms with E-state index in [9.17, 15) is 9.59 Å². The molecular weight excluding hydrogens is 242 g/mol. The lowest BCUT2D eigenvalue weighted by Crippen LogP contribution is -2.43. The van der Waals surface area contributed by atoms with E-state index in [1.54, 1.807) is 24.1 Å². The lowest BCUT2D eigenvalue weighted by molar-refractivity contribution is -0.139. The molecule has 1 aromatic rings. The van der Waals surface area contributed by atoms with E-state index in [1.807, 2.05) is 12.1 Å². The molecule has 1 unspecified atom stereocenters. The quantitative estimate of drug-likeness (QED) is 0.779. The molecule has 0 saturated carbocycles. The molecular formula is C15H19NO3. The number of unbranched alkanes of at least 4 members (excludes halogenated alkanes) is 1. The first kappa shape index (κ1) is 13.6. The summed E-state index contributed by atoms with van der Waals surface area (Å²) in [5.74, 6) is -0.514. The fourth-order valence-corrected chi connectivity index (χ4v) is 2.22. The molecule has 2 rings (SSSR count). The van der Waals surface area contributed by atoms with E-state index >= 15 is 0 Å². The van der Waals surface area contributed by atoms with Gasteiger partial charge in [0.1, 0.15) is 0 Å². The second kappa shape index (κ2) is 5.87. The van der Waals surface area contributed by atoms with Crippen molar-refractivity contribution in [1.82, 2.24) is 4.90 Å². The highest BCUT2D eigenvalue weighted by Crippen LogP contribution is 2.21. The number of rotatable bonds is 4. The lowest BCUT2D eigenvalue weighted by Gasteiger charge is -2.27. The van der Waals surface area contributed by atoms with E-state index in [-0.39, 0.29) is 5.91 Å². The van der Waals surface area contributed by atoms with Gasteiger partial charge in [-0.2, -0.15) is 0 Å². The van der Waals surface area contributed by atoms with Gasteiger partial charge in [-0.3, -0.25) is 4.79 Å². The van der Waals surface area contributed by atoms with Crippen LogP contribution in [0.25, 0.3) is 0 Å². The van der Waals surface area contributed by atoms with Gasteiger partial charge in [0, 0.05) is 20.0 Å². The Labute approximate surface area is 113 Å². The molecule has 0 radical (unpaired) electrons. The Morgan fingerprint density at radius 3 is 2.89 bits per heavy atom. The minimum absolute atomic E-state index is 0.115. The predicted octanol–water partition coefficient (Wildman–Crippen LogP) is 2.03. The molecule has 0 fully saturated rings. The molecule has 0 aliphatic carbocycles. The Morgan fingerprint density at radius 2 is 2.16 bits per heavy atom. The molecule has 0 saturated heterocycles. The van der Waals surface area contributed by atoms with Gasteiger partial charge < -0.3 is 9.64 Å². The average Bonchev–Trinajstić information content (AvgIpc) is 2.43. The highest BCUT2D eigenvalue weighted by Gasteiger charge is 2.32. The van der Waals surface area contributed by atoms with Crippen molar-refractivity contribution in [3.05, 3.63) is 35.4 Å². The summed E-state index contributed by atoms with van der Waals surface area (Å²) in [6, 6.07) is 7.29. The van der Waals surface area contributed by atoms with Crippen molar-refractivity contribution in [1.29, 1.82) is 0 Å². The summed E-state index contributed by atoms with van der Waals surface area (Å²) >= 11 is 0. The number of amides is 1. The van der Waals surface area contributed by atoms with Crippen molar-refractivity contribution in [2.45, 2.75) is 32.3 Å². The Bertz CT molecular complexity index is 484. The van der Waals surface area contributed by atoms with Gasteiger partial charge >= 0.3 is 5.97 Å². The topological polar surface area (TPSA) is 46.6 Å². The molecule has 0 N–H and O–H groups in total. The number of hydrogen-bond acceptors (Lipinski definition) is 3. The standard InChI is InChI=1S/C15H19NO3/c1-3-4-9-16(2)14(17)13-10-11-7-5-6-8-12(11)15(18)19-13/h5-8,13H,3-4,9-10H2,1-2H3. The third-order valence-corrected chi connectivity index (χ3v) is 3.39. The molecule has 0 aromatic heterocycles. The number of carbonyl (C=O) groups is 2. The van der Waals surface area contributed by atoms with Crippen molar-refractivity contribution in [3.63, 3.8) is 0 Å². The van der Waals surface area contributed by atoms with Gasteiger partial charge in [0.2, 0.25) is 0 Å². The third-order valence-electron chi connectivity index (χ3n) is 3.39. The molecule has 102 valence electrons. The summed E-state index contributed by atoms with van der Waals surface area (Å²) < 4.78 is 5.25. The van der Waals surface area contributed by atoms with Gasteiger partial charge in [-0.15, -0.1) is 0 Å². The SMILES string of the molecule is CCCCN(C)C(=O)C1Cc2ccccc2C(=O)O1. The molecule has 1 aliphatic heterocycles. The van der Waals surface area contributed by atoms with E-state index < -0.39 is 12.1 Å². The molecule has 19 heavy (non-hydrogen) atoms. The fourth-order valence-electron chi connectivity index (χ4n) is 2.22. The van der Waals surface area contributed by atoms with E-state index in [2.05, 4.69) is 6.92 Å². The molecule has 0 bridgehead atoms. The molecule has 4 heteroatoms. The van der Waals surface area contributed by atoms with Crippen LogP contribution in [0.4, 0.5) is 0 Å². The van der Waals surface area contributed by atoms with E-state index in [4.69, 9.17) is 4.74 Å².